The summed E-state index contributed by atoms with van der Waals surface area (Å²) < 4.78 is 44.8. The lowest BCUT2D eigenvalue weighted by Gasteiger charge is -2.27. The number of quaternary nitrogens is 1. The minimum atomic E-state index is -4.14. The fraction of sp³-hybridized carbons (Fsp3) is 0.800. The van der Waals surface area contributed by atoms with Crippen LogP contribution in [0.1, 0.15) is 244 Å². The highest BCUT2D eigenvalue weighted by atomic mass is 127. The maximum absolute atomic E-state index is 11.7. The van der Waals surface area contributed by atoms with Crippen molar-refractivity contribution in [2.24, 2.45) is 0 Å². The molecule has 0 amide bonds. The molecule has 0 spiro atoms. The number of aliphatic hydroxyl groups excluding tert-OH is 1. The molecule has 2 aromatic carbocycles. The summed E-state index contributed by atoms with van der Waals surface area (Å²) in [6.07, 6.45) is 45.0. The summed E-state index contributed by atoms with van der Waals surface area (Å²) in [6, 6.07) is 17.9. The molecule has 1 N–H and O–H groups in total. The number of halogens is 2. The number of hydrogen-bond donors (Lipinski definition) is 1. The van der Waals surface area contributed by atoms with Crippen LogP contribution in [0.25, 0.3) is 0 Å². The Labute approximate surface area is 479 Å². The third-order valence-electron chi connectivity index (χ3n) is 12.6. The summed E-state index contributed by atoms with van der Waals surface area (Å²) in [5, 5.41) is 8.73. The number of likely N-dealkylation sites (N-methyl/N-ethyl adjacent to an activating group) is 1. The van der Waals surface area contributed by atoms with E-state index >= 15 is 0 Å². The summed E-state index contributed by atoms with van der Waals surface area (Å²) in [6.45, 7) is 11.8. The topological polar surface area (TPSA) is 114 Å². The smallest absolute Gasteiger partial charge is 0.327 e. The number of phosphoric acid groups is 1. The molecule has 0 radical (unpaired) electrons. The normalized spacial score (nSPS) is 13.6. The first-order chi connectivity index (χ1) is 35.2. The van der Waals surface area contributed by atoms with Gasteiger partial charge in [-0.2, -0.15) is 0 Å². The van der Waals surface area contributed by atoms with Crippen LogP contribution < -0.4 is 4.89 Å². The fourth-order valence-corrected chi connectivity index (χ4v) is 10.5. The zero-order valence-electron chi connectivity index (χ0n) is 48.3. The molecule has 9 nitrogen and oxygen atoms in total. The van der Waals surface area contributed by atoms with E-state index in [1.54, 1.807) is 0 Å². The Hall–Kier alpha value is 0.0800. The van der Waals surface area contributed by atoms with Gasteiger partial charge in [0, 0.05) is 20.4 Å². The van der Waals surface area contributed by atoms with Crippen molar-refractivity contribution in [1.29, 1.82) is 0 Å². The highest BCUT2D eigenvalue weighted by Crippen LogP contribution is 2.47. The van der Waals surface area contributed by atoms with Crippen LogP contribution in [0.2, 0.25) is 0 Å². The molecule has 1 atom stereocenters. The van der Waals surface area contributed by atoms with E-state index in [1.807, 2.05) is 48.8 Å². The van der Waals surface area contributed by atoms with E-state index in [9.17, 15) is 14.0 Å². The predicted molar refractivity (Wildman–Crippen MR) is 331 cm³/mol. The number of aliphatic hydroxyl groups is 1. The molecule has 430 valence electrons. The summed E-state index contributed by atoms with van der Waals surface area (Å²) >= 11 is 4.74. The van der Waals surface area contributed by atoms with Gasteiger partial charge in [-0.3, -0.25) is 9.13 Å². The number of rotatable bonds is 42. The van der Waals surface area contributed by atoms with Crippen LogP contribution in [-0.2, 0) is 40.1 Å². The van der Waals surface area contributed by atoms with Gasteiger partial charge in [-0.05, 0) is 119 Å². The van der Waals surface area contributed by atoms with Crippen molar-refractivity contribution in [3.63, 3.8) is 0 Å². The van der Waals surface area contributed by atoms with Crippen molar-refractivity contribution in [2.45, 2.75) is 246 Å². The van der Waals surface area contributed by atoms with Crippen molar-refractivity contribution in [3.05, 3.63) is 66.8 Å². The highest BCUT2D eigenvalue weighted by molar-refractivity contribution is 14.1. The molecule has 1 aliphatic heterocycles. The van der Waals surface area contributed by atoms with Gasteiger partial charge in [0.05, 0.1) is 41.0 Å². The Morgan fingerprint density at radius 1 is 0.493 bits per heavy atom. The first-order valence-corrected chi connectivity index (χ1v) is 35.2. The highest BCUT2D eigenvalue weighted by Gasteiger charge is 2.22. The summed E-state index contributed by atoms with van der Waals surface area (Å²) in [4.78, 5) is 11.7. The van der Waals surface area contributed by atoms with Crippen LogP contribution >= 0.6 is 60.6 Å². The SMILES string of the molecule is CC.CC.CP1(=O)OCCO1.C[N+](C)(C)CCOP(=O)([O-])OCCCCCCCCCCCCCCCCCCc1ccc(I)cc1.OCCCCCCCCCCCCCCCCCCc1ccc(I)cc1. The van der Waals surface area contributed by atoms with Crippen molar-refractivity contribution in [1.82, 2.24) is 0 Å². The molecule has 1 unspecified atom stereocenters. The Morgan fingerprint density at radius 3 is 1.01 bits per heavy atom. The fourth-order valence-electron chi connectivity index (χ4n) is 8.21. The molecule has 13 heteroatoms. The molecule has 1 saturated heterocycles. The van der Waals surface area contributed by atoms with Crippen molar-refractivity contribution in [2.75, 3.05) is 67.4 Å². The lowest BCUT2D eigenvalue weighted by molar-refractivity contribution is -0.870. The third kappa shape index (κ3) is 56.6. The molecular formula is C60H113I2NO8P2. The van der Waals surface area contributed by atoms with Crippen molar-refractivity contribution >= 4 is 60.6 Å². The molecule has 1 aliphatic rings. The maximum Gasteiger partial charge on any atom is 0.327 e. The molecule has 0 aliphatic carbocycles. The van der Waals surface area contributed by atoms with Gasteiger partial charge in [-0.15, -0.1) is 0 Å². The largest absolute Gasteiger partial charge is 0.756 e. The lowest BCUT2D eigenvalue weighted by atomic mass is 10.0. The number of aryl methyl sites for hydroxylation is 2. The van der Waals surface area contributed by atoms with Crippen LogP contribution in [0.3, 0.4) is 0 Å². The molecule has 0 bridgehead atoms. The lowest BCUT2D eigenvalue weighted by Crippen LogP contribution is -2.37. The summed E-state index contributed by atoms with van der Waals surface area (Å²) in [5.74, 6) is 0. The molecule has 73 heavy (non-hydrogen) atoms. The van der Waals surface area contributed by atoms with Gasteiger partial charge in [-0.25, -0.2) is 0 Å². The van der Waals surface area contributed by atoms with Gasteiger partial charge >= 0.3 is 7.60 Å². The number of benzene rings is 2. The van der Waals surface area contributed by atoms with Crippen LogP contribution in [0, 0.1) is 7.14 Å². The Balaban J connectivity index is 0. The third-order valence-corrected chi connectivity index (χ3v) is 16.3. The van der Waals surface area contributed by atoms with E-state index in [-0.39, 0.29) is 13.2 Å². The quantitative estimate of drug-likeness (QED) is 0.0303. The number of nitrogens with zero attached hydrogens (tertiary/aromatic N) is 1. The van der Waals surface area contributed by atoms with E-state index in [0.717, 1.165) is 25.7 Å². The average molecular weight is 1290 g/mol. The molecule has 2 aromatic rings. The monoisotopic (exact) mass is 1290 g/mol. The minimum absolute atomic E-state index is 0.166. The number of hydrogen-bond acceptors (Lipinski definition) is 8. The standard InChI is InChI=1S/C29H53INO4P.C24H41IO.C3H7O3P.2C2H6/c1-31(2,3)25-27-35-36(32,33)34-26-19-17-15-13-11-9-7-5-4-6-8-10-12-14-16-18-20-28-21-23-29(30)24-22-28;25-24-20-18-23(19-21-24)17-15-13-11-9-7-5-3-1-2-4-6-8-10-12-14-16-22-26;1-7(4)5-2-3-6-7;2*1-2/h21-24H,4-20,25-27H2,1-3H3;18-21,26H,1-17,22H2;2-3H2,1H3;2*1-2H3. The second-order valence-electron chi connectivity index (χ2n) is 20.4. The number of phosphoric ester groups is 1. The maximum atomic E-state index is 11.7. The zero-order chi connectivity index (χ0) is 54.6. The van der Waals surface area contributed by atoms with Gasteiger partial charge in [-0.1, -0.05) is 232 Å². The first kappa shape index (κ1) is 75.2. The van der Waals surface area contributed by atoms with E-state index in [1.165, 1.54) is 218 Å². The Kier molecular flexibility index (Phi) is 55.6. The van der Waals surface area contributed by atoms with Gasteiger partial charge in [0.1, 0.15) is 13.2 Å². The summed E-state index contributed by atoms with van der Waals surface area (Å²) in [5.41, 5.74) is 2.97. The second-order valence-corrected chi connectivity index (χ2v) is 26.3. The molecule has 0 aromatic heterocycles. The Morgan fingerprint density at radius 2 is 0.753 bits per heavy atom. The van der Waals surface area contributed by atoms with Crippen LogP contribution in [-0.4, -0.2) is 77.0 Å². The van der Waals surface area contributed by atoms with E-state index in [2.05, 4.69) is 103 Å². The molecule has 1 heterocycles. The zero-order valence-corrected chi connectivity index (χ0v) is 54.4. The van der Waals surface area contributed by atoms with Gasteiger partial charge in [0.2, 0.25) is 0 Å². The summed E-state index contributed by atoms with van der Waals surface area (Å²) in [7, 11) is -0.691. The van der Waals surface area contributed by atoms with Crippen molar-refractivity contribution < 1.29 is 41.7 Å². The molecule has 0 saturated carbocycles. The van der Waals surface area contributed by atoms with Gasteiger partial charge in [0.15, 0.2) is 0 Å². The number of unbranched alkanes of at least 4 members (excludes halogenated alkanes) is 30. The minimum Gasteiger partial charge on any atom is -0.756 e. The van der Waals surface area contributed by atoms with Crippen molar-refractivity contribution in [3.8, 4) is 0 Å². The van der Waals surface area contributed by atoms with E-state index in [4.69, 9.17) is 14.2 Å². The average Bonchev–Trinajstić information content (AvgIpc) is 3.78. The first-order valence-electron chi connectivity index (χ1n) is 29.6. The van der Waals surface area contributed by atoms with Crippen LogP contribution in [0.4, 0.5) is 0 Å². The second kappa shape index (κ2) is 54.1. The van der Waals surface area contributed by atoms with Gasteiger partial charge < -0.3 is 32.6 Å². The molecule has 3 rings (SSSR count). The van der Waals surface area contributed by atoms with Crippen LogP contribution in [0.5, 0.6) is 0 Å². The van der Waals surface area contributed by atoms with Gasteiger partial charge in [0.25, 0.3) is 7.82 Å². The molecule has 1 fully saturated rings. The van der Waals surface area contributed by atoms with E-state index < -0.39 is 15.4 Å². The van der Waals surface area contributed by atoms with E-state index in [0.29, 0.717) is 30.8 Å². The Bertz CT molecular complexity index is 1520. The molecular weight excluding hydrogens is 1180 g/mol. The van der Waals surface area contributed by atoms with Crippen LogP contribution in [0.15, 0.2) is 48.5 Å². The predicted octanol–water partition coefficient (Wildman–Crippen LogP) is 19.3.